The SMILES string of the molecule is Cc1ccc(NC(=O)[C@@H](C)OC(=O)c2ccccc2F)cc1. The van der Waals surface area contributed by atoms with Crippen LogP contribution in [0.1, 0.15) is 22.8 Å². The van der Waals surface area contributed by atoms with Crippen molar-refractivity contribution in [1.82, 2.24) is 0 Å². The highest BCUT2D eigenvalue weighted by Gasteiger charge is 2.20. The Morgan fingerprint density at radius 3 is 2.36 bits per heavy atom. The third-order valence-electron chi connectivity index (χ3n) is 3.07. The van der Waals surface area contributed by atoms with Crippen LogP contribution in [0.4, 0.5) is 10.1 Å². The van der Waals surface area contributed by atoms with Gasteiger partial charge in [-0.2, -0.15) is 0 Å². The first kappa shape index (κ1) is 15.7. The number of esters is 1. The maximum atomic E-state index is 13.5. The Hall–Kier alpha value is -2.69. The molecule has 2 rings (SSSR count). The topological polar surface area (TPSA) is 55.4 Å². The zero-order valence-electron chi connectivity index (χ0n) is 12.3. The lowest BCUT2D eigenvalue weighted by atomic mass is 10.2. The molecule has 0 aliphatic carbocycles. The van der Waals surface area contributed by atoms with Crippen LogP contribution >= 0.6 is 0 Å². The van der Waals surface area contributed by atoms with Gasteiger partial charge in [0.25, 0.3) is 5.91 Å². The van der Waals surface area contributed by atoms with E-state index in [2.05, 4.69) is 5.32 Å². The van der Waals surface area contributed by atoms with Gasteiger partial charge in [-0.15, -0.1) is 0 Å². The van der Waals surface area contributed by atoms with Gasteiger partial charge in [-0.25, -0.2) is 9.18 Å². The van der Waals surface area contributed by atoms with Crippen LogP contribution in [0.25, 0.3) is 0 Å². The molecule has 2 aromatic rings. The molecule has 5 heteroatoms. The van der Waals surface area contributed by atoms with Crippen molar-refractivity contribution in [3.63, 3.8) is 0 Å². The molecule has 0 unspecified atom stereocenters. The minimum Gasteiger partial charge on any atom is -0.449 e. The normalized spacial score (nSPS) is 11.6. The van der Waals surface area contributed by atoms with Gasteiger partial charge in [0.2, 0.25) is 0 Å². The zero-order valence-corrected chi connectivity index (χ0v) is 12.3. The van der Waals surface area contributed by atoms with Crippen LogP contribution in [0.5, 0.6) is 0 Å². The average molecular weight is 301 g/mol. The van der Waals surface area contributed by atoms with E-state index in [1.165, 1.54) is 25.1 Å². The van der Waals surface area contributed by atoms with E-state index in [0.29, 0.717) is 5.69 Å². The molecule has 0 spiro atoms. The average Bonchev–Trinajstić information content (AvgIpc) is 2.49. The number of nitrogens with one attached hydrogen (secondary N) is 1. The van der Waals surface area contributed by atoms with Crippen LogP contribution in [-0.2, 0) is 9.53 Å². The van der Waals surface area contributed by atoms with Gasteiger partial charge >= 0.3 is 5.97 Å². The van der Waals surface area contributed by atoms with E-state index in [1.54, 1.807) is 12.1 Å². The number of rotatable bonds is 4. The van der Waals surface area contributed by atoms with Crippen molar-refractivity contribution in [3.8, 4) is 0 Å². The van der Waals surface area contributed by atoms with Gasteiger partial charge in [-0.3, -0.25) is 4.79 Å². The number of ether oxygens (including phenoxy) is 1. The largest absolute Gasteiger partial charge is 0.449 e. The third kappa shape index (κ3) is 3.91. The van der Waals surface area contributed by atoms with Gasteiger partial charge in [0.05, 0.1) is 5.56 Å². The first-order valence-electron chi connectivity index (χ1n) is 6.80. The van der Waals surface area contributed by atoms with E-state index in [4.69, 9.17) is 4.74 Å². The molecule has 0 heterocycles. The van der Waals surface area contributed by atoms with E-state index in [1.807, 2.05) is 19.1 Å². The van der Waals surface area contributed by atoms with Crippen molar-refractivity contribution < 1.29 is 18.7 Å². The fourth-order valence-electron chi connectivity index (χ4n) is 1.79. The zero-order chi connectivity index (χ0) is 16.1. The fraction of sp³-hybridized carbons (Fsp3) is 0.176. The molecule has 4 nitrogen and oxygen atoms in total. The summed E-state index contributed by atoms with van der Waals surface area (Å²) in [6.45, 7) is 3.37. The number of benzene rings is 2. The molecular formula is C17H16FNO3. The number of hydrogen-bond acceptors (Lipinski definition) is 3. The van der Waals surface area contributed by atoms with Crippen LogP contribution in [0.2, 0.25) is 0 Å². The summed E-state index contributed by atoms with van der Waals surface area (Å²) in [5, 5.41) is 2.63. The molecule has 0 aliphatic rings. The molecule has 0 aromatic heterocycles. The molecule has 0 bridgehead atoms. The van der Waals surface area contributed by atoms with E-state index in [0.717, 1.165) is 11.6 Å². The quantitative estimate of drug-likeness (QED) is 0.881. The lowest BCUT2D eigenvalue weighted by Crippen LogP contribution is -2.30. The van der Waals surface area contributed by atoms with E-state index in [-0.39, 0.29) is 5.56 Å². The second-order valence-corrected chi connectivity index (χ2v) is 4.88. The minimum absolute atomic E-state index is 0.197. The third-order valence-corrected chi connectivity index (χ3v) is 3.07. The second-order valence-electron chi connectivity index (χ2n) is 4.88. The predicted octanol–water partition coefficient (Wildman–Crippen LogP) is 3.32. The molecule has 1 amide bonds. The maximum absolute atomic E-state index is 13.5. The Bertz CT molecular complexity index is 683. The Morgan fingerprint density at radius 2 is 1.73 bits per heavy atom. The van der Waals surface area contributed by atoms with Gasteiger partial charge in [0.15, 0.2) is 6.10 Å². The van der Waals surface area contributed by atoms with Crippen LogP contribution in [0.15, 0.2) is 48.5 Å². The molecular weight excluding hydrogens is 285 g/mol. The van der Waals surface area contributed by atoms with Crippen molar-refractivity contribution in [2.45, 2.75) is 20.0 Å². The van der Waals surface area contributed by atoms with Gasteiger partial charge < -0.3 is 10.1 Å². The number of aryl methyl sites for hydroxylation is 1. The Balaban J connectivity index is 1.98. The molecule has 114 valence electrons. The van der Waals surface area contributed by atoms with Crippen molar-refractivity contribution in [1.29, 1.82) is 0 Å². The number of amides is 1. The van der Waals surface area contributed by atoms with Crippen molar-refractivity contribution in [3.05, 3.63) is 65.5 Å². The highest BCUT2D eigenvalue weighted by molar-refractivity contribution is 5.97. The van der Waals surface area contributed by atoms with Gasteiger partial charge in [0.1, 0.15) is 5.82 Å². The molecule has 0 saturated heterocycles. The number of hydrogen-bond donors (Lipinski definition) is 1. The standard InChI is InChI=1S/C17H16FNO3/c1-11-7-9-13(10-8-11)19-16(20)12(2)22-17(21)14-5-3-4-6-15(14)18/h3-10,12H,1-2H3,(H,19,20)/t12-/m1/s1. The number of halogens is 1. The number of carbonyl (C=O) groups is 2. The molecule has 1 atom stereocenters. The van der Waals surface area contributed by atoms with E-state index in [9.17, 15) is 14.0 Å². The van der Waals surface area contributed by atoms with E-state index >= 15 is 0 Å². The van der Waals surface area contributed by atoms with Crippen LogP contribution in [-0.4, -0.2) is 18.0 Å². The van der Waals surface area contributed by atoms with Crippen molar-refractivity contribution >= 4 is 17.6 Å². The number of carbonyl (C=O) groups excluding carboxylic acids is 2. The molecule has 0 saturated carbocycles. The minimum atomic E-state index is -1.03. The first-order valence-corrected chi connectivity index (χ1v) is 6.80. The lowest BCUT2D eigenvalue weighted by Gasteiger charge is -2.14. The van der Waals surface area contributed by atoms with Crippen molar-refractivity contribution in [2.75, 3.05) is 5.32 Å². The lowest BCUT2D eigenvalue weighted by molar-refractivity contribution is -0.123. The number of anilines is 1. The highest BCUT2D eigenvalue weighted by Crippen LogP contribution is 2.12. The maximum Gasteiger partial charge on any atom is 0.341 e. The molecule has 0 aliphatic heterocycles. The summed E-state index contributed by atoms with van der Waals surface area (Å²) >= 11 is 0. The first-order chi connectivity index (χ1) is 10.5. The van der Waals surface area contributed by atoms with Crippen molar-refractivity contribution in [2.24, 2.45) is 0 Å². The second kappa shape index (κ2) is 6.85. The Morgan fingerprint density at radius 1 is 1.09 bits per heavy atom. The summed E-state index contributed by atoms with van der Waals surface area (Å²) in [6.07, 6.45) is -1.03. The summed E-state index contributed by atoms with van der Waals surface area (Å²) in [6, 6.07) is 12.7. The summed E-state index contributed by atoms with van der Waals surface area (Å²) in [5.41, 5.74) is 1.47. The summed E-state index contributed by atoms with van der Waals surface area (Å²) < 4.78 is 18.5. The molecule has 2 aromatic carbocycles. The Labute approximate surface area is 127 Å². The van der Waals surface area contributed by atoms with Crippen LogP contribution in [0.3, 0.4) is 0 Å². The van der Waals surface area contributed by atoms with Gasteiger partial charge in [0, 0.05) is 5.69 Å². The molecule has 0 fully saturated rings. The van der Waals surface area contributed by atoms with Gasteiger partial charge in [-0.05, 0) is 38.1 Å². The highest BCUT2D eigenvalue weighted by atomic mass is 19.1. The summed E-state index contributed by atoms with van der Waals surface area (Å²) in [7, 11) is 0. The molecule has 0 radical (unpaired) electrons. The Kier molecular flexibility index (Phi) is 4.88. The van der Waals surface area contributed by atoms with E-state index < -0.39 is 23.8 Å². The fourth-order valence-corrected chi connectivity index (χ4v) is 1.79. The van der Waals surface area contributed by atoms with Crippen LogP contribution < -0.4 is 5.32 Å². The van der Waals surface area contributed by atoms with Gasteiger partial charge in [-0.1, -0.05) is 29.8 Å². The molecule has 1 N–H and O–H groups in total. The molecule has 22 heavy (non-hydrogen) atoms. The smallest absolute Gasteiger partial charge is 0.341 e. The monoisotopic (exact) mass is 301 g/mol. The summed E-state index contributed by atoms with van der Waals surface area (Å²) in [5.74, 6) is -2.03. The van der Waals surface area contributed by atoms with Crippen LogP contribution in [0, 0.1) is 12.7 Å². The summed E-state index contributed by atoms with van der Waals surface area (Å²) in [4.78, 5) is 23.8. The predicted molar refractivity (Wildman–Crippen MR) is 81.1 cm³/mol.